The molecule has 8 rings (SSSR count). The minimum absolute atomic E-state index is 0.0946. The summed E-state index contributed by atoms with van der Waals surface area (Å²) in [5.41, 5.74) is 3.74. The predicted octanol–water partition coefficient (Wildman–Crippen LogP) is 7.25. The maximum atomic E-state index is 14.0. The molecule has 3 aliphatic rings. The number of carbonyl (C=O) groups is 4. The number of fused-ring (bicyclic) bond motifs is 5. The first-order chi connectivity index (χ1) is 27.9. The molecule has 58 heavy (non-hydrogen) atoms. The number of aromatic amines is 2. The molecule has 0 radical (unpaired) electrons. The van der Waals surface area contributed by atoms with Crippen molar-refractivity contribution in [3.63, 3.8) is 0 Å². The quantitative estimate of drug-likeness (QED) is 0.107. The fourth-order valence-corrected chi connectivity index (χ4v) is 9.40. The van der Waals surface area contributed by atoms with Crippen LogP contribution in [0.3, 0.4) is 0 Å². The minimum Gasteiger partial charge on any atom is -0.453 e. The third-order valence-corrected chi connectivity index (χ3v) is 12.4. The smallest absolute Gasteiger partial charge is 0.407 e. The number of alkyl carbamates (subject to hydrolysis) is 2. The summed E-state index contributed by atoms with van der Waals surface area (Å²) < 4.78 is 9.60. The van der Waals surface area contributed by atoms with Gasteiger partial charge in [-0.15, -0.1) is 0 Å². The molecule has 2 aliphatic heterocycles. The van der Waals surface area contributed by atoms with E-state index in [1.165, 1.54) is 14.2 Å². The van der Waals surface area contributed by atoms with Gasteiger partial charge in [0.15, 0.2) is 0 Å². The van der Waals surface area contributed by atoms with Gasteiger partial charge in [0.05, 0.1) is 50.1 Å². The molecule has 2 bridgehead atoms. The number of carbonyl (C=O) groups excluding carboxylic acids is 4. The van der Waals surface area contributed by atoms with Crippen molar-refractivity contribution in [1.82, 2.24) is 40.4 Å². The minimum atomic E-state index is -0.692. The lowest BCUT2D eigenvalue weighted by molar-refractivity contribution is -0.139. The van der Waals surface area contributed by atoms with Crippen molar-refractivity contribution in [1.29, 1.82) is 0 Å². The largest absolute Gasteiger partial charge is 0.453 e. The molecule has 0 unspecified atom stereocenters. The Labute approximate surface area is 337 Å². The van der Waals surface area contributed by atoms with Crippen molar-refractivity contribution in [3.05, 3.63) is 72.6 Å². The highest BCUT2D eigenvalue weighted by atomic mass is 16.5. The predicted molar refractivity (Wildman–Crippen MR) is 219 cm³/mol. The van der Waals surface area contributed by atoms with Crippen LogP contribution in [0.1, 0.15) is 83.5 Å². The number of nitrogens with zero attached hydrogens (tertiary/aromatic N) is 4. The van der Waals surface area contributed by atoms with Crippen LogP contribution in [0.2, 0.25) is 0 Å². The Hall–Kier alpha value is -5.92. The molecule has 2 aromatic heterocycles. The van der Waals surface area contributed by atoms with Crippen LogP contribution in [-0.4, -0.2) is 92.6 Å². The summed E-state index contributed by atoms with van der Waals surface area (Å²) in [6.45, 7) is 8.26. The third kappa shape index (κ3) is 7.13. The van der Waals surface area contributed by atoms with Crippen LogP contribution in [0.25, 0.3) is 44.1 Å². The van der Waals surface area contributed by atoms with Crippen LogP contribution >= 0.6 is 0 Å². The van der Waals surface area contributed by atoms with E-state index in [1.807, 2.05) is 49.9 Å². The second-order valence-electron chi connectivity index (χ2n) is 16.6. The molecule has 5 aromatic rings. The van der Waals surface area contributed by atoms with Gasteiger partial charge in [-0.1, -0.05) is 64.1 Å². The summed E-state index contributed by atoms with van der Waals surface area (Å²) in [6.07, 6.45) is 6.98. The van der Waals surface area contributed by atoms with Crippen LogP contribution in [-0.2, 0) is 19.1 Å². The molecule has 14 nitrogen and oxygen atoms in total. The van der Waals surface area contributed by atoms with Gasteiger partial charge in [-0.05, 0) is 83.5 Å². The van der Waals surface area contributed by atoms with Crippen LogP contribution in [0, 0.1) is 17.8 Å². The van der Waals surface area contributed by atoms with Gasteiger partial charge < -0.3 is 39.9 Å². The highest BCUT2D eigenvalue weighted by molar-refractivity contribution is 6.09. The van der Waals surface area contributed by atoms with Crippen molar-refractivity contribution in [3.8, 4) is 22.5 Å². The third-order valence-electron chi connectivity index (χ3n) is 12.4. The van der Waals surface area contributed by atoms with E-state index < -0.39 is 24.3 Å². The Kier molecular flexibility index (Phi) is 10.6. The number of nitrogens with one attached hydrogen (secondary N) is 4. The fourth-order valence-electron chi connectivity index (χ4n) is 9.40. The van der Waals surface area contributed by atoms with E-state index in [2.05, 4.69) is 69.1 Å². The number of H-pyrrole nitrogens is 2. The van der Waals surface area contributed by atoms with Crippen molar-refractivity contribution >= 4 is 45.5 Å². The molecule has 14 heteroatoms. The summed E-state index contributed by atoms with van der Waals surface area (Å²) in [6, 6.07) is 15.4. The maximum Gasteiger partial charge on any atom is 0.407 e. The second-order valence-corrected chi connectivity index (χ2v) is 16.6. The second kappa shape index (κ2) is 15.8. The first-order valence-corrected chi connectivity index (χ1v) is 20.3. The van der Waals surface area contributed by atoms with Crippen LogP contribution in [0.5, 0.6) is 0 Å². The van der Waals surface area contributed by atoms with Gasteiger partial charge in [0.2, 0.25) is 11.8 Å². The van der Waals surface area contributed by atoms with Gasteiger partial charge in [0.1, 0.15) is 23.7 Å². The van der Waals surface area contributed by atoms with E-state index >= 15 is 0 Å². The molecule has 0 spiro atoms. The van der Waals surface area contributed by atoms with Crippen LogP contribution < -0.4 is 10.6 Å². The standard InChI is InChI=1S/C44H52N8O6/c1-23(2)36(49-43(55)57-5)41(53)51-17-7-8-35(51)39-45-21-33(47-39)27-12-15-31-25(18-27)9-10-26-19-28(13-16-32(26)31)34-22-46-40(48-34)38-29-11-14-30(20-29)52(38)42(54)37(24(3)4)50-44(56)58-6/h9-10,12-13,15-16,18-19,21-24,29-30,35-38H,7-8,11,14,17,20H2,1-6H3,(H,45,47)(H,46,48)(H,49,55)(H,50,56)/t29-,30+,35-,36-,37-,38-/m0/s1. The molecule has 1 saturated carbocycles. The summed E-state index contributed by atoms with van der Waals surface area (Å²) in [5, 5.41) is 9.90. The lowest BCUT2D eigenvalue weighted by Gasteiger charge is -2.37. The number of methoxy groups -OCH3 is 2. The SMILES string of the molecule is COC(=O)N[C@H](C(=O)N1CCC[C@H]1c1ncc(-c2ccc3c(ccc4cc(-c5cnc([C@@H]6[C@H]7CC[C@H](C7)N6C(=O)[C@@H](NC(=O)OC)C(C)C)[nH]5)ccc43)c2)[nH]1)C(C)C. The highest BCUT2D eigenvalue weighted by Gasteiger charge is 2.51. The molecule has 3 aromatic carbocycles. The molecule has 6 atom stereocenters. The van der Waals surface area contributed by atoms with E-state index in [4.69, 9.17) is 19.4 Å². The van der Waals surface area contributed by atoms with Crippen molar-refractivity contribution in [2.45, 2.75) is 90.0 Å². The molecule has 2 saturated heterocycles. The van der Waals surface area contributed by atoms with Gasteiger partial charge in [0, 0.05) is 23.7 Å². The van der Waals surface area contributed by atoms with Crippen LogP contribution in [0.15, 0.2) is 60.9 Å². The average molecular weight is 789 g/mol. The van der Waals surface area contributed by atoms with Gasteiger partial charge in [-0.3, -0.25) is 9.59 Å². The summed E-state index contributed by atoms with van der Waals surface area (Å²) in [7, 11) is 2.60. The Bertz CT molecular complexity index is 2370. The van der Waals surface area contributed by atoms with E-state index in [0.29, 0.717) is 12.5 Å². The zero-order chi connectivity index (χ0) is 40.8. The highest BCUT2D eigenvalue weighted by Crippen LogP contribution is 2.50. The molecule has 1 aliphatic carbocycles. The molecule has 3 fully saturated rings. The number of amides is 4. The van der Waals surface area contributed by atoms with Crippen molar-refractivity contribution in [2.24, 2.45) is 17.8 Å². The van der Waals surface area contributed by atoms with Gasteiger partial charge >= 0.3 is 12.2 Å². The van der Waals surface area contributed by atoms with Crippen molar-refractivity contribution < 1.29 is 28.7 Å². The van der Waals surface area contributed by atoms with E-state index in [-0.39, 0.29) is 41.8 Å². The molecule has 304 valence electrons. The first-order valence-electron chi connectivity index (χ1n) is 20.3. The Morgan fingerprint density at radius 3 is 1.84 bits per heavy atom. The number of likely N-dealkylation sites (tertiary alicyclic amines) is 2. The number of aromatic nitrogens is 4. The Balaban J connectivity index is 1.01. The Morgan fingerprint density at radius 1 is 0.724 bits per heavy atom. The molecule has 4 N–H and O–H groups in total. The van der Waals surface area contributed by atoms with Gasteiger partial charge in [0.25, 0.3) is 0 Å². The van der Waals surface area contributed by atoms with E-state index in [1.54, 1.807) is 0 Å². The lowest BCUT2D eigenvalue weighted by atomic mass is 9.95. The number of piperidine rings is 1. The molecule has 4 amide bonds. The zero-order valence-electron chi connectivity index (χ0n) is 33.9. The summed E-state index contributed by atoms with van der Waals surface area (Å²) in [4.78, 5) is 72.1. The van der Waals surface area contributed by atoms with E-state index in [9.17, 15) is 19.2 Å². The van der Waals surface area contributed by atoms with Crippen molar-refractivity contribution in [2.75, 3.05) is 20.8 Å². The number of imidazole rings is 2. The first kappa shape index (κ1) is 38.9. The zero-order valence-corrected chi connectivity index (χ0v) is 33.9. The fraction of sp³-hybridized carbons (Fsp3) is 0.455. The molecule has 4 heterocycles. The maximum absolute atomic E-state index is 14.0. The lowest BCUT2D eigenvalue weighted by Crippen LogP contribution is -2.54. The molecular formula is C44H52N8O6. The summed E-state index contributed by atoms with van der Waals surface area (Å²) >= 11 is 0. The van der Waals surface area contributed by atoms with Crippen LogP contribution in [0.4, 0.5) is 9.59 Å². The normalized spacial score (nSPS) is 21.2. The van der Waals surface area contributed by atoms with Gasteiger partial charge in [-0.25, -0.2) is 19.6 Å². The van der Waals surface area contributed by atoms with Gasteiger partial charge in [-0.2, -0.15) is 0 Å². The number of hydrogen-bond donors (Lipinski definition) is 4. The number of rotatable bonds is 10. The number of hydrogen-bond acceptors (Lipinski definition) is 8. The van der Waals surface area contributed by atoms with E-state index in [0.717, 1.165) is 87.8 Å². The monoisotopic (exact) mass is 788 g/mol. The average Bonchev–Trinajstić information content (AvgIpc) is 4.09. The topological polar surface area (TPSA) is 175 Å². The summed E-state index contributed by atoms with van der Waals surface area (Å²) in [5.74, 6) is 1.36. The number of ether oxygens (including phenoxy) is 2. The molecular weight excluding hydrogens is 737 g/mol. The number of benzene rings is 3. The Morgan fingerprint density at radius 2 is 1.28 bits per heavy atom.